The fourth-order valence-electron chi connectivity index (χ4n) is 3.08. The van der Waals surface area contributed by atoms with Crippen LogP contribution in [0.25, 0.3) is 0 Å². The number of anilines is 1. The van der Waals surface area contributed by atoms with Gasteiger partial charge in [0.1, 0.15) is 17.7 Å². The number of carbonyl (C=O) groups is 1. The lowest BCUT2D eigenvalue weighted by molar-refractivity contribution is -0.135. The molecule has 1 unspecified atom stereocenters. The third-order valence-electron chi connectivity index (χ3n) is 4.85. The van der Waals surface area contributed by atoms with Gasteiger partial charge in [-0.05, 0) is 49.9 Å². The molecule has 0 bridgehead atoms. The van der Waals surface area contributed by atoms with E-state index in [2.05, 4.69) is 10.0 Å². The Kier molecular flexibility index (Phi) is 5.21. The number of carbonyl (C=O) groups excluding carboxylic acids is 1. The van der Waals surface area contributed by atoms with Gasteiger partial charge in [0.2, 0.25) is 0 Å². The van der Waals surface area contributed by atoms with Gasteiger partial charge in [-0.2, -0.15) is 5.10 Å². The first kappa shape index (κ1) is 18.7. The number of rotatable bonds is 7. The number of hydrazone groups is 1. The molecule has 1 aliphatic carbocycles. The number of fused-ring (bicyclic) bond motifs is 1. The lowest BCUT2D eigenvalue weighted by Gasteiger charge is -2.24. The van der Waals surface area contributed by atoms with Crippen LogP contribution in [0.2, 0.25) is 0 Å². The minimum Gasteiger partial charge on any atom is -0.503 e. The molecular weight excluding hydrogens is 378 g/mol. The number of hydrogen-bond acceptors (Lipinski definition) is 8. The zero-order chi connectivity index (χ0) is 19.7. The van der Waals surface area contributed by atoms with Gasteiger partial charge in [0, 0.05) is 10.6 Å². The van der Waals surface area contributed by atoms with E-state index in [1.165, 1.54) is 45.1 Å². The van der Waals surface area contributed by atoms with Gasteiger partial charge in [0.15, 0.2) is 5.50 Å². The quantitative estimate of drug-likeness (QED) is 0.394. The maximum Gasteiger partial charge on any atom is 0.342 e. The molecule has 3 aliphatic rings. The predicted octanol–water partition coefficient (Wildman–Crippen LogP) is 3.51. The van der Waals surface area contributed by atoms with Gasteiger partial charge in [0.05, 0.1) is 32.8 Å². The zero-order valence-electron chi connectivity index (χ0n) is 16.1. The second kappa shape index (κ2) is 7.79. The highest BCUT2D eigenvalue weighted by Gasteiger charge is 2.41. The predicted molar refractivity (Wildman–Crippen MR) is 109 cm³/mol. The molecule has 8 heteroatoms. The molecule has 4 rings (SSSR count). The summed E-state index contributed by atoms with van der Waals surface area (Å²) in [4.78, 5) is 15.0. The third kappa shape index (κ3) is 3.56. The maximum atomic E-state index is 12.2. The van der Waals surface area contributed by atoms with Crippen molar-refractivity contribution in [1.82, 2.24) is 5.01 Å². The van der Waals surface area contributed by atoms with Crippen molar-refractivity contribution in [3.63, 3.8) is 0 Å². The number of hydrogen-bond donors (Lipinski definition) is 0. The first-order valence-corrected chi connectivity index (χ1v) is 10.0. The highest BCUT2D eigenvalue weighted by Crippen LogP contribution is 2.46. The highest BCUT2D eigenvalue weighted by molar-refractivity contribution is 8.04. The SMILES string of the molecule is COC=C(C(=O)OC)C1=C(C)N2N=CN(c3ccc(OCC4CC4)cc3)C2S1. The van der Waals surface area contributed by atoms with Gasteiger partial charge >= 0.3 is 5.97 Å². The van der Waals surface area contributed by atoms with Crippen molar-refractivity contribution in [3.8, 4) is 5.75 Å². The number of esters is 1. The molecule has 1 aromatic rings. The van der Waals surface area contributed by atoms with E-state index in [9.17, 15) is 4.79 Å². The molecule has 0 amide bonds. The van der Waals surface area contributed by atoms with Crippen molar-refractivity contribution in [1.29, 1.82) is 0 Å². The van der Waals surface area contributed by atoms with Crippen LogP contribution in [0, 0.1) is 5.92 Å². The molecule has 0 saturated heterocycles. The van der Waals surface area contributed by atoms with Gasteiger partial charge in [-0.3, -0.25) is 4.90 Å². The monoisotopic (exact) mass is 401 g/mol. The number of nitrogens with zero attached hydrogens (tertiary/aromatic N) is 3. The third-order valence-corrected chi connectivity index (χ3v) is 6.23. The molecular formula is C20H23N3O4S. The minimum absolute atomic E-state index is 0.0989. The Morgan fingerprint density at radius 3 is 2.68 bits per heavy atom. The van der Waals surface area contributed by atoms with Crippen LogP contribution in [0.3, 0.4) is 0 Å². The van der Waals surface area contributed by atoms with Crippen molar-refractivity contribution in [2.45, 2.75) is 25.3 Å². The highest BCUT2D eigenvalue weighted by atomic mass is 32.2. The Morgan fingerprint density at radius 2 is 2.04 bits per heavy atom. The smallest absolute Gasteiger partial charge is 0.342 e. The van der Waals surface area contributed by atoms with Crippen molar-refractivity contribution in [2.24, 2.45) is 11.0 Å². The van der Waals surface area contributed by atoms with E-state index >= 15 is 0 Å². The van der Waals surface area contributed by atoms with Crippen LogP contribution in [0.1, 0.15) is 19.8 Å². The minimum atomic E-state index is -0.433. The summed E-state index contributed by atoms with van der Waals surface area (Å²) in [6, 6.07) is 8.02. The molecule has 2 aliphatic heterocycles. The Balaban J connectivity index is 1.49. The van der Waals surface area contributed by atoms with Gasteiger partial charge in [-0.25, -0.2) is 9.80 Å². The summed E-state index contributed by atoms with van der Waals surface area (Å²) in [6.07, 6.45) is 5.77. The molecule has 0 radical (unpaired) electrons. The molecule has 0 spiro atoms. The first-order chi connectivity index (χ1) is 13.6. The van der Waals surface area contributed by atoms with Crippen molar-refractivity contribution >= 4 is 29.8 Å². The van der Waals surface area contributed by atoms with Crippen LogP contribution >= 0.6 is 11.8 Å². The maximum absolute atomic E-state index is 12.2. The molecule has 0 aromatic heterocycles. The summed E-state index contributed by atoms with van der Waals surface area (Å²) in [6.45, 7) is 2.73. The Hall–Kier alpha value is -2.61. The van der Waals surface area contributed by atoms with Crippen LogP contribution in [0.4, 0.5) is 5.69 Å². The summed E-state index contributed by atoms with van der Waals surface area (Å²) in [5.74, 6) is 1.18. The number of methoxy groups -OCH3 is 2. The van der Waals surface area contributed by atoms with Crippen molar-refractivity contribution in [2.75, 3.05) is 25.7 Å². The largest absolute Gasteiger partial charge is 0.503 e. The van der Waals surface area contributed by atoms with Crippen LogP contribution in [-0.4, -0.2) is 43.6 Å². The normalized spacial score (nSPS) is 21.2. The average molecular weight is 401 g/mol. The van der Waals surface area contributed by atoms with E-state index in [1.54, 1.807) is 6.34 Å². The van der Waals surface area contributed by atoms with Crippen molar-refractivity contribution < 1.29 is 19.0 Å². The fourth-order valence-corrected chi connectivity index (χ4v) is 4.42. The number of benzene rings is 1. The summed E-state index contributed by atoms with van der Waals surface area (Å²) >= 11 is 1.54. The van der Waals surface area contributed by atoms with Gasteiger partial charge < -0.3 is 14.2 Å². The van der Waals surface area contributed by atoms with Gasteiger partial charge in [-0.1, -0.05) is 11.8 Å². The Bertz CT molecular complexity index is 846. The van der Waals surface area contributed by atoms with Crippen LogP contribution in [0.15, 0.2) is 51.8 Å². The fraction of sp³-hybridized carbons (Fsp3) is 0.400. The number of ether oxygens (including phenoxy) is 3. The van der Waals surface area contributed by atoms with E-state index < -0.39 is 5.97 Å². The summed E-state index contributed by atoms with van der Waals surface area (Å²) in [5, 5.41) is 6.40. The molecule has 1 fully saturated rings. The molecule has 1 aromatic carbocycles. The molecule has 28 heavy (non-hydrogen) atoms. The summed E-state index contributed by atoms with van der Waals surface area (Å²) in [7, 11) is 2.87. The zero-order valence-corrected chi connectivity index (χ0v) is 16.9. The van der Waals surface area contributed by atoms with Gasteiger partial charge in [0.25, 0.3) is 0 Å². The average Bonchev–Trinajstić information content (AvgIpc) is 3.37. The van der Waals surface area contributed by atoms with E-state index in [0.717, 1.165) is 34.6 Å². The van der Waals surface area contributed by atoms with Gasteiger partial charge in [-0.15, -0.1) is 0 Å². The number of allylic oxidation sites excluding steroid dienone is 1. The van der Waals surface area contributed by atoms with Crippen LogP contribution < -0.4 is 9.64 Å². The Labute approximate surface area is 168 Å². The lowest BCUT2D eigenvalue weighted by Crippen LogP contribution is -2.33. The number of thioether (sulfide) groups is 1. The second-order valence-electron chi connectivity index (χ2n) is 6.85. The Morgan fingerprint density at radius 1 is 1.29 bits per heavy atom. The molecule has 0 N–H and O–H groups in total. The topological polar surface area (TPSA) is 63.6 Å². The molecule has 148 valence electrons. The molecule has 2 heterocycles. The summed E-state index contributed by atoms with van der Waals surface area (Å²) in [5.41, 5.74) is 2.18. The second-order valence-corrected chi connectivity index (χ2v) is 7.91. The van der Waals surface area contributed by atoms with E-state index in [-0.39, 0.29) is 5.50 Å². The van der Waals surface area contributed by atoms with Crippen molar-refractivity contribution in [3.05, 3.63) is 46.7 Å². The first-order valence-electron chi connectivity index (χ1n) is 9.16. The van der Waals surface area contributed by atoms with Crippen LogP contribution in [-0.2, 0) is 14.3 Å². The summed E-state index contributed by atoms with van der Waals surface area (Å²) < 4.78 is 15.8. The lowest BCUT2D eigenvalue weighted by atomic mass is 10.2. The van der Waals surface area contributed by atoms with E-state index in [4.69, 9.17) is 14.2 Å². The van der Waals surface area contributed by atoms with E-state index in [0.29, 0.717) is 5.57 Å². The van der Waals surface area contributed by atoms with Crippen LogP contribution in [0.5, 0.6) is 5.75 Å². The molecule has 7 nitrogen and oxygen atoms in total. The van der Waals surface area contributed by atoms with E-state index in [1.807, 2.05) is 36.2 Å². The standard InChI is InChI=1S/C20H23N3O4S/c1-13-18(17(11-25-2)19(24)26-3)28-20-22(12-21-23(13)20)15-6-8-16(9-7-15)27-10-14-4-5-14/h6-9,11-12,14,20H,4-5,10H2,1-3H3. The molecule has 1 saturated carbocycles. The molecule has 1 atom stereocenters.